The number of nitrogens with one attached hydrogen (secondary N) is 3. The molecule has 1 aliphatic rings. The molecule has 28 heavy (non-hydrogen) atoms. The molecule has 1 aliphatic heterocycles. The summed E-state index contributed by atoms with van der Waals surface area (Å²) in [5, 5.41) is 2.85. The second-order valence-corrected chi connectivity index (χ2v) is 6.87. The zero-order valence-electron chi connectivity index (χ0n) is 15.5. The number of hydrogen-bond donors (Lipinski definition) is 3. The number of hydrogen-bond acceptors (Lipinski definition) is 5. The van der Waals surface area contributed by atoms with Gasteiger partial charge in [0.25, 0.3) is 0 Å². The first-order chi connectivity index (χ1) is 13.1. The van der Waals surface area contributed by atoms with Crippen molar-refractivity contribution in [3.63, 3.8) is 0 Å². The number of carbonyl (C=O) groups excluding carboxylic acids is 1. The SMILES string of the molecule is C[C@H]1CN(CCC(=O)NNC(=S)Nc2ccc(OC(F)(F)F)cc2)C[C@H](C)O1. The molecule has 0 radical (unpaired) electrons. The highest BCUT2D eigenvalue weighted by Crippen LogP contribution is 2.23. The van der Waals surface area contributed by atoms with Gasteiger partial charge in [-0.05, 0) is 50.3 Å². The third kappa shape index (κ3) is 8.28. The van der Waals surface area contributed by atoms with Crippen LogP contribution >= 0.6 is 12.2 Å². The molecule has 1 heterocycles. The van der Waals surface area contributed by atoms with Crippen molar-refractivity contribution in [2.24, 2.45) is 0 Å². The van der Waals surface area contributed by atoms with Crippen LogP contribution in [0.3, 0.4) is 0 Å². The maximum atomic E-state index is 12.1. The van der Waals surface area contributed by atoms with E-state index < -0.39 is 6.36 Å². The number of benzene rings is 1. The number of ether oxygens (including phenoxy) is 2. The summed E-state index contributed by atoms with van der Waals surface area (Å²) in [5.74, 6) is -0.568. The Bertz CT molecular complexity index is 663. The van der Waals surface area contributed by atoms with E-state index in [-0.39, 0.29) is 29.0 Å². The highest BCUT2D eigenvalue weighted by atomic mass is 32.1. The molecular weight excluding hydrogens is 397 g/mol. The van der Waals surface area contributed by atoms with Gasteiger partial charge >= 0.3 is 6.36 Å². The Kier molecular flexibility index (Phi) is 7.84. The first-order valence-electron chi connectivity index (χ1n) is 8.70. The molecule has 1 aromatic rings. The zero-order chi connectivity index (χ0) is 20.7. The van der Waals surface area contributed by atoms with Crippen LogP contribution in [-0.2, 0) is 9.53 Å². The predicted molar refractivity (Wildman–Crippen MR) is 102 cm³/mol. The second kappa shape index (κ2) is 9.89. The Morgan fingerprint density at radius 3 is 2.39 bits per heavy atom. The van der Waals surface area contributed by atoms with Crippen molar-refractivity contribution >= 4 is 28.9 Å². The number of morpholine rings is 1. The van der Waals surface area contributed by atoms with E-state index in [1.54, 1.807) is 0 Å². The molecule has 0 saturated carbocycles. The second-order valence-electron chi connectivity index (χ2n) is 6.47. The Morgan fingerprint density at radius 1 is 1.21 bits per heavy atom. The molecule has 2 atom stereocenters. The summed E-state index contributed by atoms with van der Waals surface area (Å²) >= 11 is 5.04. The lowest BCUT2D eigenvalue weighted by Crippen LogP contribution is -2.48. The monoisotopic (exact) mass is 420 g/mol. The van der Waals surface area contributed by atoms with Crippen LogP contribution in [0.2, 0.25) is 0 Å². The average Bonchev–Trinajstić information content (AvgIpc) is 2.58. The molecule has 0 spiro atoms. The van der Waals surface area contributed by atoms with Gasteiger partial charge in [-0.1, -0.05) is 0 Å². The van der Waals surface area contributed by atoms with Crippen molar-refractivity contribution in [1.82, 2.24) is 15.8 Å². The Balaban J connectivity index is 1.68. The van der Waals surface area contributed by atoms with E-state index in [1.807, 2.05) is 13.8 Å². The number of amides is 1. The number of hydrazine groups is 1. The molecule has 1 saturated heterocycles. The molecule has 11 heteroatoms. The fourth-order valence-electron chi connectivity index (χ4n) is 2.82. The van der Waals surface area contributed by atoms with E-state index in [1.165, 1.54) is 12.1 Å². The van der Waals surface area contributed by atoms with E-state index in [2.05, 4.69) is 25.8 Å². The van der Waals surface area contributed by atoms with Crippen LogP contribution in [0.5, 0.6) is 5.75 Å². The lowest BCUT2D eigenvalue weighted by Gasteiger charge is -2.35. The van der Waals surface area contributed by atoms with Gasteiger partial charge in [0.2, 0.25) is 5.91 Å². The first kappa shape index (κ1) is 22.2. The van der Waals surface area contributed by atoms with Gasteiger partial charge in [-0.15, -0.1) is 13.2 Å². The first-order valence-corrected chi connectivity index (χ1v) is 9.11. The highest BCUT2D eigenvalue weighted by Gasteiger charge is 2.31. The molecule has 7 nitrogen and oxygen atoms in total. The minimum absolute atomic E-state index is 0.103. The van der Waals surface area contributed by atoms with Crippen LogP contribution in [0.25, 0.3) is 0 Å². The Hall–Kier alpha value is -2.11. The molecule has 3 N–H and O–H groups in total. The number of carbonyl (C=O) groups is 1. The number of halogens is 3. The highest BCUT2D eigenvalue weighted by molar-refractivity contribution is 7.80. The van der Waals surface area contributed by atoms with E-state index >= 15 is 0 Å². The average molecular weight is 420 g/mol. The van der Waals surface area contributed by atoms with Gasteiger partial charge in [0, 0.05) is 31.7 Å². The molecule has 2 rings (SSSR count). The van der Waals surface area contributed by atoms with E-state index in [4.69, 9.17) is 17.0 Å². The summed E-state index contributed by atoms with van der Waals surface area (Å²) in [4.78, 5) is 14.1. The quantitative estimate of drug-likeness (QED) is 0.499. The van der Waals surface area contributed by atoms with Crippen LogP contribution < -0.4 is 20.9 Å². The van der Waals surface area contributed by atoms with Crippen LogP contribution in [0.15, 0.2) is 24.3 Å². The van der Waals surface area contributed by atoms with Gasteiger partial charge in [0.1, 0.15) is 5.75 Å². The number of nitrogens with zero attached hydrogens (tertiary/aromatic N) is 1. The van der Waals surface area contributed by atoms with Gasteiger partial charge in [-0.2, -0.15) is 0 Å². The molecule has 0 aromatic heterocycles. The molecule has 0 bridgehead atoms. The van der Waals surface area contributed by atoms with Crippen molar-refractivity contribution in [3.8, 4) is 5.75 Å². The standard InChI is InChI=1S/C17H23F3N4O3S/c1-11-9-24(10-12(2)26-11)8-7-15(25)22-23-16(28)21-13-3-5-14(6-4-13)27-17(18,19)20/h3-6,11-12H,7-10H2,1-2H3,(H,22,25)(H2,21,23,28)/t11-,12-/m0/s1. The lowest BCUT2D eigenvalue weighted by molar-refractivity contribution is -0.274. The van der Waals surface area contributed by atoms with Crippen LogP contribution in [0.4, 0.5) is 18.9 Å². The normalized spacial score (nSPS) is 20.3. The fraction of sp³-hybridized carbons (Fsp3) is 0.529. The third-order valence-electron chi connectivity index (χ3n) is 3.81. The third-order valence-corrected chi connectivity index (χ3v) is 4.02. The van der Waals surface area contributed by atoms with Crippen molar-refractivity contribution in [3.05, 3.63) is 24.3 Å². The number of anilines is 1. The van der Waals surface area contributed by atoms with Crippen LogP contribution in [0, 0.1) is 0 Å². The molecule has 1 fully saturated rings. The zero-order valence-corrected chi connectivity index (χ0v) is 16.3. The predicted octanol–water partition coefficient (Wildman–Crippen LogP) is 2.40. The van der Waals surface area contributed by atoms with Crippen LogP contribution in [-0.4, -0.2) is 54.1 Å². The van der Waals surface area contributed by atoms with Gasteiger partial charge in [-0.3, -0.25) is 20.5 Å². The van der Waals surface area contributed by atoms with Gasteiger partial charge in [0.05, 0.1) is 12.2 Å². The van der Waals surface area contributed by atoms with Crippen LogP contribution in [0.1, 0.15) is 20.3 Å². The molecule has 156 valence electrons. The Morgan fingerprint density at radius 2 is 1.82 bits per heavy atom. The van der Waals surface area contributed by atoms with Crippen molar-refractivity contribution in [2.45, 2.75) is 38.8 Å². The van der Waals surface area contributed by atoms with E-state index in [0.29, 0.717) is 18.7 Å². The van der Waals surface area contributed by atoms with Crippen molar-refractivity contribution < 1.29 is 27.4 Å². The number of thiocarbonyl (C=S) groups is 1. The molecular formula is C17H23F3N4O3S. The van der Waals surface area contributed by atoms with Gasteiger partial charge < -0.3 is 14.8 Å². The summed E-state index contributed by atoms with van der Waals surface area (Å²) in [6.45, 7) is 6.15. The van der Waals surface area contributed by atoms with E-state index in [9.17, 15) is 18.0 Å². The summed E-state index contributed by atoms with van der Waals surface area (Å²) in [5.41, 5.74) is 5.48. The Labute approximate surface area is 166 Å². The smallest absolute Gasteiger partial charge is 0.406 e. The number of alkyl halides is 3. The molecule has 1 aromatic carbocycles. The van der Waals surface area contributed by atoms with Crippen molar-refractivity contribution in [2.75, 3.05) is 25.0 Å². The topological polar surface area (TPSA) is 74.9 Å². The maximum absolute atomic E-state index is 12.1. The van der Waals surface area contributed by atoms with Gasteiger partial charge in [0.15, 0.2) is 5.11 Å². The number of rotatable bonds is 5. The largest absolute Gasteiger partial charge is 0.573 e. The molecule has 0 aliphatic carbocycles. The summed E-state index contributed by atoms with van der Waals surface area (Å²) in [7, 11) is 0. The minimum atomic E-state index is -4.74. The van der Waals surface area contributed by atoms with Gasteiger partial charge in [-0.25, -0.2) is 0 Å². The molecule has 1 amide bonds. The lowest BCUT2D eigenvalue weighted by atomic mass is 10.2. The summed E-state index contributed by atoms with van der Waals surface area (Å²) in [6.07, 6.45) is -4.18. The summed E-state index contributed by atoms with van der Waals surface area (Å²) in [6, 6.07) is 5.05. The maximum Gasteiger partial charge on any atom is 0.573 e. The van der Waals surface area contributed by atoms with Crippen molar-refractivity contribution in [1.29, 1.82) is 0 Å². The summed E-state index contributed by atoms with van der Waals surface area (Å²) < 4.78 is 45.8. The fourth-order valence-corrected chi connectivity index (χ4v) is 2.99. The molecule has 0 unspecified atom stereocenters. The minimum Gasteiger partial charge on any atom is -0.406 e. The van der Waals surface area contributed by atoms with E-state index in [0.717, 1.165) is 25.2 Å².